The lowest BCUT2D eigenvalue weighted by Gasteiger charge is -2.30. The number of nitrogens with zero attached hydrogens (tertiary/aromatic N) is 1. The number of nitrogens with one attached hydrogen (secondary N) is 1. The molecule has 3 N–H and O–H groups in total. The number of phenolic OH excluding ortho intramolecular Hbond substituents is 1. The molecule has 2 atom stereocenters. The molecule has 13 heteroatoms. The van der Waals surface area contributed by atoms with Crippen LogP contribution in [0.2, 0.25) is 0 Å². The number of anilines is 1. The van der Waals surface area contributed by atoms with Crippen molar-refractivity contribution in [2.45, 2.75) is 23.5 Å². The fraction of sp³-hybridized carbons (Fsp3) is 0.300. The van der Waals surface area contributed by atoms with Crippen molar-refractivity contribution in [3.05, 3.63) is 84.1 Å². The number of aliphatic hydroxyl groups is 1. The number of rotatable bonds is 12. The molecule has 0 fully saturated rings. The lowest BCUT2D eigenvalue weighted by molar-refractivity contribution is -0.143. The summed E-state index contributed by atoms with van der Waals surface area (Å²) in [5.41, 5.74) is 1.04. The number of aromatic hydroxyl groups is 1. The van der Waals surface area contributed by atoms with Gasteiger partial charge in [0.15, 0.2) is 17.3 Å². The van der Waals surface area contributed by atoms with Crippen molar-refractivity contribution in [3.8, 4) is 23.0 Å². The molecule has 43 heavy (non-hydrogen) atoms. The van der Waals surface area contributed by atoms with Gasteiger partial charge in [-0.2, -0.15) is 4.31 Å². The van der Waals surface area contributed by atoms with E-state index >= 15 is 0 Å². The second-order valence-electron chi connectivity index (χ2n) is 9.68. The summed E-state index contributed by atoms with van der Waals surface area (Å²) in [5.74, 6) is 0.664. The highest BCUT2D eigenvalue weighted by Gasteiger charge is 2.31. The van der Waals surface area contributed by atoms with E-state index in [0.717, 1.165) is 9.87 Å². The second kappa shape index (κ2) is 13.3. The predicted molar refractivity (Wildman–Crippen MR) is 154 cm³/mol. The Bertz CT molecular complexity index is 1580. The van der Waals surface area contributed by atoms with Gasteiger partial charge >= 0.3 is 0 Å². The number of aliphatic hydroxyl groups excluding tert-OH is 1. The number of allylic oxidation sites excluding steroid dienone is 1. The summed E-state index contributed by atoms with van der Waals surface area (Å²) < 4.78 is 55.5. The van der Waals surface area contributed by atoms with Crippen LogP contribution in [-0.4, -0.2) is 75.3 Å². The minimum Gasteiger partial charge on any atom is -0.506 e. The zero-order valence-electron chi connectivity index (χ0n) is 23.3. The molecule has 0 unspecified atom stereocenters. The van der Waals surface area contributed by atoms with Gasteiger partial charge in [-0.25, -0.2) is 8.42 Å². The van der Waals surface area contributed by atoms with Crippen LogP contribution >= 0.6 is 0 Å². The number of fused-ring (bicyclic) bond motifs is 1. The van der Waals surface area contributed by atoms with Crippen LogP contribution in [0.25, 0.3) is 0 Å². The maximum atomic E-state index is 13.3. The average Bonchev–Trinajstić information content (AvgIpc) is 3.50. The van der Waals surface area contributed by atoms with Crippen LogP contribution in [0.3, 0.4) is 0 Å². The Morgan fingerprint density at radius 1 is 1.05 bits per heavy atom. The third-order valence-corrected chi connectivity index (χ3v) is 8.86. The summed E-state index contributed by atoms with van der Waals surface area (Å²) >= 11 is 0. The van der Waals surface area contributed by atoms with Gasteiger partial charge in [0.05, 0.1) is 30.9 Å². The molecule has 228 valence electrons. The molecule has 0 spiro atoms. The van der Waals surface area contributed by atoms with Gasteiger partial charge in [0.1, 0.15) is 11.5 Å². The van der Waals surface area contributed by atoms with Crippen molar-refractivity contribution in [3.63, 3.8) is 0 Å². The normalized spacial score (nSPS) is 17.7. The number of phenols is 1. The average molecular weight is 613 g/mol. The van der Waals surface area contributed by atoms with Crippen LogP contribution in [0, 0.1) is 0 Å². The number of hydrogen-bond acceptors (Lipinski definition) is 10. The van der Waals surface area contributed by atoms with E-state index in [4.69, 9.17) is 23.7 Å². The number of methoxy groups -OCH3 is 1. The smallest absolute Gasteiger partial charge is 0.290 e. The van der Waals surface area contributed by atoms with Crippen LogP contribution in [0.5, 0.6) is 23.0 Å². The standard InChI is InChI=1S/C30H32N2O10S/c1-38-22-7-9-23(10-8-22)43(36,37)32(12-14-33)13-15-39-29-18-21(20-6-11-26-27(16-20)41-19-40-26)17-28(42-29)30(35)31-24-4-2-3-5-25(24)34/h2-11,16-17,21,29,33-34H,12-15,18-19H2,1H3,(H,31,35)/t21-,29+/m0/s1. The number of amides is 1. The molecular formula is C30H32N2O10S. The molecule has 2 aliphatic rings. The number of carbonyl (C=O) groups excluding carboxylic acids is 1. The highest BCUT2D eigenvalue weighted by Crippen LogP contribution is 2.38. The summed E-state index contributed by atoms with van der Waals surface area (Å²) in [5, 5.41) is 22.3. The van der Waals surface area contributed by atoms with Crippen molar-refractivity contribution in [2.75, 3.05) is 45.5 Å². The van der Waals surface area contributed by atoms with E-state index in [9.17, 15) is 23.4 Å². The molecule has 3 aromatic rings. The van der Waals surface area contributed by atoms with Gasteiger partial charge < -0.3 is 39.2 Å². The van der Waals surface area contributed by atoms with E-state index in [-0.39, 0.29) is 61.1 Å². The van der Waals surface area contributed by atoms with E-state index in [1.54, 1.807) is 42.5 Å². The molecule has 0 radical (unpaired) electrons. The SMILES string of the molecule is COc1ccc(S(=O)(=O)N(CCO)CCO[C@H]2C[C@@H](c3ccc4c(c3)OCO4)C=C(C(=O)Nc3ccccc3O)O2)cc1. The first kappa shape index (κ1) is 30.2. The van der Waals surface area contributed by atoms with E-state index in [1.165, 1.54) is 25.3 Å². The number of hydrogen-bond donors (Lipinski definition) is 3. The molecule has 0 saturated heterocycles. The fourth-order valence-corrected chi connectivity index (χ4v) is 6.12. The number of benzene rings is 3. The molecular weight excluding hydrogens is 580 g/mol. The minimum atomic E-state index is -3.94. The predicted octanol–water partition coefficient (Wildman–Crippen LogP) is 3.18. The topological polar surface area (TPSA) is 153 Å². The molecule has 0 saturated carbocycles. The van der Waals surface area contributed by atoms with Crippen LogP contribution in [0.15, 0.2) is 83.5 Å². The maximum Gasteiger partial charge on any atom is 0.290 e. The van der Waals surface area contributed by atoms with Crippen molar-refractivity contribution in [1.82, 2.24) is 4.31 Å². The highest BCUT2D eigenvalue weighted by molar-refractivity contribution is 7.89. The molecule has 2 heterocycles. The molecule has 5 rings (SSSR count). The number of para-hydroxylation sites is 2. The summed E-state index contributed by atoms with van der Waals surface area (Å²) in [6, 6.07) is 17.7. The van der Waals surface area contributed by atoms with Gasteiger partial charge in [-0.1, -0.05) is 18.2 Å². The maximum absolute atomic E-state index is 13.3. The first-order chi connectivity index (χ1) is 20.8. The summed E-state index contributed by atoms with van der Waals surface area (Å²) in [4.78, 5) is 13.2. The Kier molecular flexibility index (Phi) is 9.36. The Balaban J connectivity index is 1.31. The molecule has 0 aromatic heterocycles. The number of sulfonamides is 1. The second-order valence-corrected chi connectivity index (χ2v) is 11.6. The van der Waals surface area contributed by atoms with E-state index in [0.29, 0.717) is 23.7 Å². The van der Waals surface area contributed by atoms with Gasteiger partial charge in [0.2, 0.25) is 23.1 Å². The highest BCUT2D eigenvalue weighted by atomic mass is 32.2. The van der Waals surface area contributed by atoms with Gasteiger partial charge in [-0.05, 0) is 60.2 Å². The van der Waals surface area contributed by atoms with Gasteiger partial charge in [-0.3, -0.25) is 4.79 Å². The van der Waals surface area contributed by atoms with E-state index < -0.39 is 22.2 Å². The lowest BCUT2D eigenvalue weighted by Crippen LogP contribution is -2.37. The molecule has 12 nitrogen and oxygen atoms in total. The first-order valence-corrected chi connectivity index (χ1v) is 15.0. The van der Waals surface area contributed by atoms with E-state index in [2.05, 4.69) is 5.32 Å². The zero-order chi connectivity index (χ0) is 30.4. The first-order valence-electron chi connectivity index (χ1n) is 13.5. The largest absolute Gasteiger partial charge is 0.506 e. The third-order valence-electron chi connectivity index (χ3n) is 6.95. The van der Waals surface area contributed by atoms with Crippen LogP contribution in [0.1, 0.15) is 17.9 Å². The molecule has 3 aromatic carbocycles. The Labute approximate surface area is 249 Å². The summed E-state index contributed by atoms with van der Waals surface area (Å²) in [6.07, 6.45) is 1.07. The molecule has 0 aliphatic carbocycles. The van der Waals surface area contributed by atoms with Gasteiger partial charge in [-0.15, -0.1) is 0 Å². The lowest BCUT2D eigenvalue weighted by atomic mass is 9.92. The van der Waals surface area contributed by atoms with E-state index in [1.807, 2.05) is 12.1 Å². The molecule has 0 bridgehead atoms. The zero-order valence-corrected chi connectivity index (χ0v) is 24.2. The fourth-order valence-electron chi connectivity index (χ4n) is 4.70. The van der Waals surface area contributed by atoms with Gasteiger partial charge in [0.25, 0.3) is 5.91 Å². The third kappa shape index (κ3) is 7.03. The minimum absolute atomic E-state index is 0.0276. The Hall–Kier alpha value is -4.30. The Morgan fingerprint density at radius 3 is 2.56 bits per heavy atom. The number of ether oxygens (including phenoxy) is 5. The van der Waals surface area contributed by atoms with Crippen molar-refractivity contribution in [2.24, 2.45) is 0 Å². The Morgan fingerprint density at radius 2 is 1.81 bits per heavy atom. The van der Waals surface area contributed by atoms with Crippen LogP contribution < -0.4 is 19.5 Å². The quantitative estimate of drug-likeness (QED) is 0.260. The van der Waals surface area contributed by atoms with Crippen LogP contribution in [-0.2, 0) is 24.3 Å². The monoisotopic (exact) mass is 612 g/mol. The van der Waals surface area contributed by atoms with Gasteiger partial charge in [0, 0.05) is 25.4 Å². The van der Waals surface area contributed by atoms with Crippen LogP contribution in [0.4, 0.5) is 5.69 Å². The molecule has 2 aliphatic heterocycles. The van der Waals surface area contributed by atoms with Crippen molar-refractivity contribution in [1.29, 1.82) is 0 Å². The summed E-state index contributed by atoms with van der Waals surface area (Å²) in [7, 11) is -2.46. The molecule has 1 amide bonds. The van der Waals surface area contributed by atoms with Crippen molar-refractivity contribution < 1.29 is 47.1 Å². The van der Waals surface area contributed by atoms with Crippen molar-refractivity contribution >= 4 is 21.6 Å². The number of carbonyl (C=O) groups is 1. The summed E-state index contributed by atoms with van der Waals surface area (Å²) in [6.45, 7) is -0.570.